The van der Waals surface area contributed by atoms with Crippen molar-refractivity contribution in [2.24, 2.45) is 4.99 Å². The Bertz CT molecular complexity index is 1020. The van der Waals surface area contributed by atoms with Gasteiger partial charge in [0.2, 0.25) is 0 Å². The molecule has 39 heavy (non-hydrogen) atoms. The summed E-state index contributed by atoms with van der Waals surface area (Å²) in [6.07, 6.45) is 13.4. The average Bonchev–Trinajstić information content (AvgIpc) is 2.97. The van der Waals surface area contributed by atoms with Crippen molar-refractivity contribution in [2.75, 3.05) is 0 Å². The lowest BCUT2D eigenvalue weighted by molar-refractivity contribution is 0.101. The summed E-state index contributed by atoms with van der Waals surface area (Å²) in [4.78, 5) is 14.8. The lowest BCUT2D eigenvalue weighted by atomic mass is 9.99. The van der Waals surface area contributed by atoms with Gasteiger partial charge in [-0.15, -0.1) is 12.3 Å². The molecule has 0 aromatic heterocycles. The normalized spacial score (nSPS) is 9.69. The molecular weight excluding hydrogens is 474 g/mol. The number of carbonyl (C=O) groups is 1. The van der Waals surface area contributed by atoms with Crippen LogP contribution in [0.1, 0.15) is 121 Å². The van der Waals surface area contributed by atoms with Gasteiger partial charge in [0.1, 0.15) is 0 Å². The van der Waals surface area contributed by atoms with Crippen LogP contribution in [0.25, 0.3) is 0 Å². The zero-order valence-corrected chi connectivity index (χ0v) is 27.1. The van der Waals surface area contributed by atoms with Crippen molar-refractivity contribution in [3.63, 3.8) is 0 Å². The largest absolute Gasteiger partial charge is 0.295 e. The van der Waals surface area contributed by atoms with E-state index >= 15 is 0 Å². The number of allylic oxidation sites excluding steroid dienone is 3. The first-order valence-corrected chi connectivity index (χ1v) is 14.7. The van der Waals surface area contributed by atoms with Gasteiger partial charge in [-0.1, -0.05) is 116 Å². The number of hydrogen-bond donors (Lipinski definition) is 0. The van der Waals surface area contributed by atoms with Crippen molar-refractivity contribution < 1.29 is 4.79 Å². The van der Waals surface area contributed by atoms with Gasteiger partial charge in [-0.05, 0) is 81.5 Å². The molecule has 0 heterocycles. The number of hydrogen-bond acceptors (Lipinski definition) is 2. The van der Waals surface area contributed by atoms with E-state index in [0.29, 0.717) is 0 Å². The summed E-state index contributed by atoms with van der Waals surface area (Å²) in [7, 11) is 0. The number of nitrogens with zero attached hydrogens (tertiary/aromatic N) is 1. The highest BCUT2D eigenvalue weighted by Crippen LogP contribution is 2.24. The molecule has 0 aliphatic rings. The van der Waals surface area contributed by atoms with Crippen LogP contribution in [0.4, 0.5) is 5.69 Å². The van der Waals surface area contributed by atoms with Gasteiger partial charge in [-0.25, -0.2) is 0 Å². The fourth-order valence-electron chi connectivity index (χ4n) is 3.73. The van der Waals surface area contributed by atoms with Crippen LogP contribution in [0.2, 0.25) is 0 Å². The van der Waals surface area contributed by atoms with E-state index in [1.165, 1.54) is 33.4 Å². The molecule has 2 heteroatoms. The van der Waals surface area contributed by atoms with E-state index in [-0.39, 0.29) is 5.78 Å². The van der Waals surface area contributed by atoms with E-state index in [1.54, 1.807) is 6.92 Å². The fraction of sp³-hybridized carbons (Fsp3) is 0.459. The van der Waals surface area contributed by atoms with Crippen molar-refractivity contribution in [1.82, 2.24) is 0 Å². The highest BCUT2D eigenvalue weighted by Gasteiger charge is 2.03. The van der Waals surface area contributed by atoms with E-state index in [4.69, 9.17) is 6.42 Å². The molecule has 2 aromatic rings. The summed E-state index contributed by atoms with van der Waals surface area (Å²) in [5.41, 5.74) is 9.77. The van der Waals surface area contributed by atoms with Crippen LogP contribution in [0.15, 0.2) is 65.2 Å². The molecule has 0 amide bonds. The summed E-state index contributed by atoms with van der Waals surface area (Å²) in [5.74, 6) is 2.82. The van der Waals surface area contributed by atoms with E-state index in [1.807, 2.05) is 65.0 Å². The molecule has 216 valence electrons. The minimum absolute atomic E-state index is 0.125. The smallest absolute Gasteiger partial charge is 0.159 e. The maximum Gasteiger partial charge on any atom is 0.159 e. The monoisotopic (exact) mass is 531 g/mol. The third-order valence-electron chi connectivity index (χ3n) is 5.88. The van der Waals surface area contributed by atoms with Crippen LogP contribution in [0.3, 0.4) is 0 Å². The average molecular weight is 532 g/mol. The molecule has 2 nitrogen and oxygen atoms in total. The van der Waals surface area contributed by atoms with Crippen LogP contribution in [-0.2, 0) is 12.8 Å². The number of aliphatic imine (C=N–C) groups is 1. The van der Waals surface area contributed by atoms with Crippen molar-refractivity contribution >= 4 is 18.2 Å². The van der Waals surface area contributed by atoms with Crippen LogP contribution < -0.4 is 0 Å². The minimum Gasteiger partial charge on any atom is -0.295 e. The first-order chi connectivity index (χ1) is 18.7. The molecule has 0 aliphatic carbocycles. The van der Waals surface area contributed by atoms with Crippen molar-refractivity contribution in [2.45, 2.75) is 115 Å². The Morgan fingerprint density at radius 2 is 1.49 bits per heavy atom. The zero-order chi connectivity index (χ0) is 30.8. The van der Waals surface area contributed by atoms with Gasteiger partial charge in [0.05, 0.1) is 5.69 Å². The number of terminal acetylenes is 1. The number of rotatable bonds is 9. The Morgan fingerprint density at radius 3 is 1.85 bits per heavy atom. The molecule has 0 saturated heterocycles. The molecule has 0 unspecified atom stereocenters. The van der Waals surface area contributed by atoms with Crippen LogP contribution in [0, 0.1) is 26.2 Å². The minimum atomic E-state index is 0.125. The Kier molecular flexibility index (Phi) is 27.3. The molecule has 0 N–H and O–H groups in total. The van der Waals surface area contributed by atoms with Crippen LogP contribution >= 0.6 is 0 Å². The van der Waals surface area contributed by atoms with Crippen molar-refractivity contribution in [1.29, 1.82) is 0 Å². The summed E-state index contributed by atoms with van der Waals surface area (Å²) < 4.78 is 0. The molecular formula is C37H57NO. The molecule has 2 rings (SSSR count). The lowest BCUT2D eigenvalue weighted by Crippen LogP contribution is -1.90. The highest BCUT2D eigenvalue weighted by molar-refractivity contribution is 5.93. The predicted molar refractivity (Wildman–Crippen MR) is 179 cm³/mol. The first kappa shape index (κ1) is 40.3. The summed E-state index contributed by atoms with van der Waals surface area (Å²) >= 11 is 0. The molecule has 2 aromatic carbocycles. The Hall–Kier alpha value is -3.18. The third-order valence-corrected chi connectivity index (χ3v) is 5.88. The number of carbonyl (C=O) groups excluding carboxylic acids is 1. The standard InChI is InChI=1S/C12H17N.C12H18.C9H10O.2C2H6/c1-5-10-8-12(13-4)11(6-2)7-9(10)3;1-5-9-12(10-6-2)11(7-3)8-4;1-7-3-5-9(6-4-7)8(2)10;2*1-2/h7-8H,4-6H2,1-3H3;1,7H,3,6,8-10H2,2,4H3;3-6H,1-2H3;2*1-2H3/b;12-11-;;;. The maximum atomic E-state index is 10.8. The molecule has 0 bridgehead atoms. The predicted octanol–water partition coefficient (Wildman–Crippen LogP) is 11.4. The Balaban J connectivity index is -0.000000470. The van der Waals surface area contributed by atoms with Crippen LogP contribution in [-0.4, -0.2) is 12.5 Å². The first-order valence-electron chi connectivity index (χ1n) is 14.7. The zero-order valence-electron chi connectivity index (χ0n) is 27.1. The molecule has 0 atom stereocenters. The second-order valence-electron chi connectivity index (χ2n) is 8.51. The van der Waals surface area contributed by atoms with Crippen LogP contribution in [0.5, 0.6) is 0 Å². The van der Waals surface area contributed by atoms with Crippen molar-refractivity contribution in [3.05, 3.63) is 88.0 Å². The third kappa shape index (κ3) is 17.1. The summed E-state index contributed by atoms with van der Waals surface area (Å²) in [6.45, 7) is 29.8. The Morgan fingerprint density at radius 1 is 0.949 bits per heavy atom. The van der Waals surface area contributed by atoms with E-state index in [2.05, 4.69) is 71.0 Å². The molecule has 0 saturated carbocycles. The Labute approximate surface area is 242 Å². The number of Topliss-reactive ketones (excluding diaryl/α,β-unsaturated/α-hetero) is 1. The van der Waals surface area contributed by atoms with Gasteiger partial charge in [0, 0.05) is 12.0 Å². The van der Waals surface area contributed by atoms with Gasteiger partial charge in [0.15, 0.2) is 5.78 Å². The van der Waals surface area contributed by atoms with Gasteiger partial charge in [0.25, 0.3) is 0 Å². The molecule has 0 radical (unpaired) electrons. The topological polar surface area (TPSA) is 29.4 Å². The molecule has 0 aliphatic heterocycles. The fourth-order valence-corrected chi connectivity index (χ4v) is 3.73. The summed E-state index contributed by atoms with van der Waals surface area (Å²) in [6, 6.07) is 12.0. The SMILES string of the molecule is C#CC/C(CCC)=C(\C=C)CC.C=Nc1cc(CC)c(C)cc1CC.CC.CC.CC(=O)c1ccc(C)cc1. The molecule has 0 spiro atoms. The molecule has 0 fully saturated rings. The van der Waals surface area contributed by atoms with E-state index in [0.717, 1.165) is 49.8 Å². The van der Waals surface area contributed by atoms with Gasteiger partial charge in [-0.3, -0.25) is 9.79 Å². The summed E-state index contributed by atoms with van der Waals surface area (Å²) in [5, 5.41) is 0. The lowest BCUT2D eigenvalue weighted by Gasteiger charge is -2.08. The van der Waals surface area contributed by atoms with Crippen molar-refractivity contribution in [3.8, 4) is 12.3 Å². The van der Waals surface area contributed by atoms with Gasteiger partial charge in [-0.2, -0.15) is 0 Å². The number of aryl methyl sites for hydroxylation is 4. The highest BCUT2D eigenvalue weighted by atomic mass is 16.1. The van der Waals surface area contributed by atoms with Gasteiger partial charge < -0.3 is 0 Å². The maximum absolute atomic E-state index is 10.8. The van der Waals surface area contributed by atoms with Gasteiger partial charge >= 0.3 is 0 Å². The quantitative estimate of drug-likeness (QED) is 0.137. The number of ketones is 1. The second kappa shape index (κ2) is 26.4. The van der Waals surface area contributed by atoms with E-state index < -0.39 is 0 Å². The second-order valence-corrected chi connectivity index (χ2v) is 8.51. The number of benzene rings is 2. The van der Waals surface area contributed by atoms with E-state index in [9.17, 15) is 4.79 Å².